The highest BCUT2D eigenvalue weighted by molar-refractivity contribution is 6.51. The number of carboxylic acids is 1. The van der Waals surface area contributed by atoms with Gasteiger partial charge in [0.15, 0.2) is 0 Å². The van der Waals surface area contributed by atoms with Crippen molar-refractivity contribution in [1.29, 1.82) is 0 Å². The van der Waals surface area contributed by atoms with Gasteiger partial charge in [-0.15, -0.1) is 0 Å². The van der Waals surface area contributed by atoms with Crippen LogP contribution >= 0.6 is 0 Å². The van der Waals surface area contributed by atoms with Crippen LogP contribution < -0.4 is 5.32 Å². The molecule has 4 rings (SSSR count). The fraction of sp³-hybridized carbons (Fsp3) is 0. The second-order valence-corrected chi connectivity index (χ2v) is 5.46. The number of ketones is 1. The number of carbonyl (C=O) groups is 3. The molecule has 1 amide bonds. The molecule has 0 aliphatic carbocycles. The molecule has 0 spiro atoms. The number of anilines is 1. The lowest BCUT2D eigenvalue weighted by atomic mass is 10.1. The van der Waals surface area contributed by atoms with Gasteiger partial charge in [-0.3, -0.25) is 14.6 Å². The third kappa shape index (κ3) is 3.43. The predicted molar refractivity (Wildman–Crippen MR) is 89.7 cm³/mol. The molecule has 1 aliphatic heterocycles. The van der Waals surface area contributed by atoms with E-state index in [0.717, 1.165) is 18.3 Å². The Morgan fingerprint density at radius 2 is 1.70 bits per heavy atom. The maximum absolute atomic E-state index is 12.9. The summed E-state index contributed by atoms with van der Waals surface area (Å²) in [6.45, 7) is 0. The van der Waals surface area contributed by atoms with Gasteiger partial charge in [0.1, 0.15) is 22.9 Å². The van der Waals surface area contributed by atoms with Crippen LogP contribution in [0.15, 0.2) is 42.6 Å². The van der Waals surface area contributed by atoms with E-state index >= 15 is 0 Å². The molecule has 0 bridgehead atoms. The van der Waals surface area contributed by atoms with Crippen molar-refractivity contribution in [2.24, 2.45) is 0 Å². The highest BCUT2D eigenvalue weighted by Gasteiger charge is 2.27. The van der Waals surface area contributed by atoms with Crippen molar-refractivity contribution in [3.05, 3.63) is 65.4 Å². The lowest BCUT2D eigenvalue weighted by molar-refractivity contribution is -0.112. The maximum atomic E-state index is 12.9. The van der Waals surface area contributed by atoms with Crippen LogP contribution in [0.5, 0.6) is 5.75 Å². The van der Waals surface area contributed by atoms with Crippen molar-refractivity contribution >= 4 is 34.3 Å². The molecule has 1 aromatic heterocycles. The van der Waals surface area contributed by atoms with Gasteiger partial charge >= 0.3 is 5.97 Å². The zero-order chi connectivity index (χ0) is 19.7. The fourth-order valence-corrected chi connectivity index (χ4v) is 2.49. The smallest absolute Gasteiger partial charge is 0.340 e. The first-order valence-electron chi connectivity index (χ1n) is 7.43. The number of aromatic nitrogens is 1. The zero-order valence-corrected chi connectivity index (χ0v) is 13.4. The first-order chi connectivity index (χ1) is 12.8. The van der Waals surface area contributed by atoms with Crippen LogP contribution in [0.1, 0.15) is 20.7 Å². The second kappa shape index (κ2) is 6.79. The highest BCUT2D eigenvalue weighted by Crippen LogP contribution is 2.25. The SMILES string of the molecule is O=C(O)c1c(O)cnc2ccc(F)cc12.O=C1Nc2ccc(F)cc2C1=O. The van der Waals surface area contributed by atoms with Gasteiger partial charge in [-0.2, -0.15) is 0 Å². The molecule has 2 heterocycles. The number of rotatable bonds is 1. The molecule has 0 fully saturated rings. The van der Waals surface area contributed by atoms with Crippen LogP contribution in [0.25, 0.3) is 10.9 Å². The molecular formula is C18H10F2N2O5. The van der Waals surface area contributed by atoms with Gasteiger partial charge in [0.25, 0.3) is 11.7 Å². The Balaban J connectivity index is 0.000000159. The molecule has 9 heteroatoms. The summed E-state index contributed by atoms with van der Waals surface area (Å²) in [6, 6.07) is 7.18. The van der Waals surface area contributed by atoms with Crippen molar-refractivity contribution in [3.63, 3.8) is 0 Å². The second-order valence-electron chi connectivity index (χ2n) is 5.46. The van der Waals surface area contributed by atoms with Crippen LogP contribution in [0, 0.1) is 11.6 Å². The molecule has 136 valence electrons. The minimum absolute atomic E-state index is 0.0856. The van der Waals surface area contributed by atoms with E-state index in [1.165, 1.54) is 24.3 Å². The van der Waals surface area contributed by atoms with Crippen LogP contribution in [0.4, 0.5) is 14.5 Å². The number of carboxylic acid groups (broad SMARTS) is 1. The number of amides is 1. The molecular weight excluding hydrogens is 362 g/mol. The number of nitrogens with zero attached hydrogens (tertiary/aromatic N) is 1. The van der Waals surface area contributed by atoms with Crippen LogP contribution in [-0.2, 0) is 4.79 Å². The van der Waals surface area contributed by atoms with Gasteiger partial charge in [-0.1, -0.05) is 0 Å². The summed E-state index contributed by atoms with van der Waals surface area (Å²) < 4.78 is 25.5. The highest BCUT2D eigenvalue weighted by atomic mass is 19.1. The average molecular weight is 372 g/mol. The Labute approximate surface area is 149 Å². The van der Waals surface area contributed by atoms with E-state index in [1.54, 1.807) is 0 Å². The quantitative estimate of drug-likeness (QED) is 0.566. The number of nitrogens with one attached hydrogen (secondary N) is 1. The molecule has 2 aromatic carbocycles. The molecule has 0 unspecified atom stereocenters. The van der Waals surface area contributed by atoms with Gasteiger partial charge < -0.3 is 15.5 Å². The van der Waals surface area contributed by atoms with E-state index in [-0.39, 0.29) is 16.5 Å². The summed E-state index contributed by atoms with van der Waals surface area (Å²) in [7, 11) is 0. The number of hydrogen-bond acceptors (Lipinski definition) is 5. The standard InChI is InChI=1S/C10H6FNO3.C8H4FNO2/c11-5-1-2-7-6(3-5)9(10(14)15)8(13)4-12-7;9-4-1-2-6-5(3-4)7(11)8(12)10-6/h1-4,13H,(H,14,15);1-3H,(H,10,11,12). The van der Waals surface area contributed by atoms with Crippen LogP contribution in [0.2, 0.25) is 0 Å². The van der Waals surface area contributed by atoms with E-state index < -0.39 is 35.0 Å². The molecule has 0 atom stereocenters. The molecule has 0 saturated carbocycles. The first kappa shape index (κ1) is 17.9. The Morgan fingerprint density at radius 1 is 1.04 bits per heavy atom. The average Bonchev–Trinajstić information content (AvgIpc) is 2.89. The molecule has 3 N–H and O–H groups in total. The largest absolute Gasteiger partial charge is 0.505 e. The summed E-state index contributed by atoms with van der Waals surface area (Å²) in [4.78, 5) is 36.4. The third-order valence-corrected chi connectivity index (χ3v) is 3.70. The van der Waals surface area contributed by atoms with Gasteiger partial charge in [0.05, 0.1) is 23.0 Å². The first-order valence-corrected chi connectivity index (χ1v) is 7.43. The third-order valence-electron chi connectivity index (χ3n) is 3.70. The van der Waals surface area contributed by atoms with Crippen molar-refractivity contribution in [3.8, 4) is 5.75 Å². The van der Waals surface area contributed by atoms with E-state index in [2.05, 4.69) is 10.3 Å². The summed E-state index contributed by atoms with van der Waals surface area (Å²) in [5.41, 5.74) is 0.484. The number of aromatic carboxylic acids is 1. The van der Waals surface area contributed by atoms with Gasteiger partial charge in [0, 0.05) is 5.39 Å². The lowest BCUT2D eigenvalue weighted by Crippen LogP contribution is -2.12. The Kier molecular flexibility index (Phi) is 4.51. The van der Waals surface area contributed by atoms with E-state index in [4.69, 9.17) is 5.11 Å². The predicted octanol–water partition coefficient (Wildman–Crippen LogP) is 2.74. The Hall–Kier alpha value is -3.88. The van der Waals surface area contributed by atoms with Gasteiger partial charge in [-0.05, 0) is 36.4 Å². The number of halogens is 2. The van der Waals surface area contributed by atoms with Crippen LogP contribution in [-0.4, -0.2) is 32.9 Å². The summed E-state index contributed by atoms with van der Waals surface area (Å²) in [5.74, 6) is -4.25. The minimum atomic E-state index is -1.31. The maximum Gasteiger partial charge on any atom is 0.340 e. The van der Waals surface area contributed by atoms with Gasteiger partial charge in [-0.25, -0.2) is 13.6 Å². The number of hydrogen-bond donors (Lipinski definition) is 3. The molecule has 0 radical (unpaired) electrons. The topological polar surface area (TPSA) is 117 Å². The summed E-state index contributed by atoms with van der Waals surface area (Å²) >= 11 is 0. The van der Waals surface area contributed by atoms with E-state index in [9.17, 15) is 28.3 Å². The van der Waals surface area contributed by atoms with Crippen molar-refractivity contribution in [2.45, 2.75) is 0 Å². The number of carbonyl (C=O) groups excluding carboxylic acids is 2. The number of fused-ring (bicyclic) bond motifs is 2. The van der Waals surface area contributed by atoms with E-state index in [0.29, 0.717) is 11.2 Å². The molecule has 27 heavy (non-hydrogen) atoms. The van der Waals surface area contributed by atoms with E-state index in [1.807, 2.05) is 0 Å². The number of aromatic hydroxyl groups is 1. The molecule has 0 saturated heterocycles. The summed E-state index contributed by atoms with van der Waals surface area (Å²) in [6.07, 6.45) is 1.03. The normalized spacial score (nSPS) is 12.2. The minimum Gasteiger partial charge on any atom is -0.505 e. The molecule has 1 aliphatic rings. The lowest BCUT2D eigenvalue weighted by Gasteiger charge is -2.03. The van der Waals surface area contributed by atoms with Gasteiger partial charge in [0.2, 0.25) is 0 Å². The number of Topliss-reactive ketones (excluding diaryl/α,β-unsaturated/α-hetero) is 1. The van der Waals surface area contributed by atoms with Crippen molar-refractivity contribution in [2.75, 3.05) is 5.32 Å². The number of benzene rings is 2. The van der Waals surface area contributed by atoms with Crippen molar-refractivity contribution in [1.82, 2.24) is 4.98 Å². The zero-order valence-electron chi connectivity index (χ0n) is 13.4. The monoisotopic (exact) mass is 372 g/mol. The van der Waals surface area contributed by atoms with Crippen molar-refractivity contribution < 1.29 is 33.4 Å². The Morgan fingerprint density at radius 3 is 2.41 bits per heavy atom. The number of pyridine rings is 1. The molecule has 7 nitrogen and oxygen atoms in total. The molecule has 3 aromatic rings. The fourth-order valence-electron chi connectivity index (χ4n) is 2.49. The Bertz CT molecular complexity index is 1110. The van der Waals surface area contributed by atoms with Crippen LogP contribution in [0.3, 0.4) is 0 Å². The summed E-state index contributed by atoms with van der Waals surface area (Å²) in [5, 5.41) is 20.6.